The van der Waals surface area contributed by atoms with E-state index >= 15 is 0 Å². The molecule has 1 aromatic carbocycles. The van der Waals surface area contributed by atoms with Crippen LogP contribution in [0.15, 0.2) is 34.8 Å². The largest absolute Gasteiger partial charge is 0.404 e. The van der Waals surface area contributed by atoms with Crippen molar-refractivity contribution in [1.29, 1.82) is 0 Å². The number of aromatic nitrogens is 2. The van der Waals surface area contributed by atoms with Gasteiger partial charge in [-0.05, 0) is 26.4 Å². The normalized spacial score (nSPS) is 10.3. The maximum Gasteiger partial charge on any atom is 0.404 e. The SMILES string of the molecule is O=[N+]([O-])c1n[nH]c(Cc2ccccc2)c1Br. The summed E-state index contributed by atoms with van der Waals surface area (Å²) in [5, 5.41) is 16.9. The second-order valence-corrected chi connectivity index (χ2v) is 4.05. The Bertz CT molecular complexity index is 510. The van der Waals surface area contributed by atoms with Crippen LogP contribution >= 0.6 is 15.9 Å². The van der Waals surface area contributed by atoms with Gasteiger partial charge in [0, 0.05) is 6.42 Å². The van der Waals surface area contributed by atoms with Gasteiger partial charge in [-0.1, -0.05) is 30.3 Å². The van der Waals surface area contributed by atoms with Crippen molar-refractivity contribution in [2.75, 3.05) is 0 Å². The van der Waals surface area contributed by atoms with Gasteiger partial charge in [0.2, 0.25) is 0 Å². The minimum Gasteiger partial charge on any atom is -0.358 e. The van der Waals surface area contributed by atoms with Gasteiger partial charge in [0.05, 0.1) is 10.8 Å². The molecule has 1 N–H and O–H groups in total. The molecule has 2 rings (SSSR count). The predicted molar refractivity (Wildman–Crippen MR) is 62.2 cm³/mol. The van der Waals surface area contributed by atoms with Gasteiger partial charge >= 0.3 is 5.82 Å². The number of rotatable bonds is 3. The van der Waals surface area contributed by atoms with Crippen molar-refractivity contribution < 1.29 is 4.92 Å². The summed E-state index contributed by atoms with van der Waals surface area (Å²) in [4.78, 5) is 10.1. The number of hydrogen-bond donors (Lipinski definition) is 1. The number of nitro groups is 1. The molecule has 0 saturated heterocycles. The van der Waals surface area contributed by atoms with E-state index < -0.39 is 4.92 Å². The third-order valence-electron chi connectivity index (χ3n) is 2.15. The summed E-state index contributed by atoms with van der Waals surface area (Å²) < 4.78 is 0.418. The second-order valence-electron chi connectivity index (χ2n) is 3.26. The molecule has 6 heteroatoms. The molecule has 0 fully saturated rings. The molecule has 2 aromatic rings. The summed E-state index contributed by atoms with van der Waals surface area (Å²) in [6.07, 6.45) is 0.586. The zero-order valence-electron chi connectivity index (χ0n) is 8.18. The maximum absolute atomic E-state index is 10.6. The van der Waals surface area contributed by atoms with Crippen LogP contribution in [0.3, 0.4) is 0 Å². The molecular weight excluding hydrogens is 274 g/mol. The van der Waals surface area contributed by atoms with E-state index in [0.717, 1.165) is 5.56 Å². The lowest BCUT2D eigenvalue weighted by Crippen LogP contribution is -1.89. The monoisotopic (exact) mass is 281 g/mol. The van der Waals surface area contributed by atoms with Crippen LogP contribution in [-0.4, -0.2) is 15.1 Å². The van der Waals surface area contributed by atoms with E-state index in [1.54, 1.807) is 0 Å². The molecule has 0 atom stereocenters. The van der Waals surface area contributed by atoms with Crippen molar-refractivity contribution in [3.8, 4) is 0 Å². The van der Waals surface area contributed by atoms with Crippen LogP contribution in [0.1, 0.15) is 11.3 Å². The number of halogens is 1. The third kappa shape index (κ3) is 2.11. The van der Waals surface area contributed by atoms with Gasteiger partial charge in [0.15, 0.2) is 0 Å². The predicted octanol–water partition coefficient (Wildman–Crippen LogP) is 2.67. The summed E-state index contributed by atoms with van der Waals surface area (Å²) in [6, 6.07) is 9.69. The molecule has 0 spiro atoms. The summed E-state index contributed by atoms with van der Waals surface area (Å²) in [5.41, 5.74) is 1.78. The van der Waals surface area contributed by atoms with Crippen LogP contribution < -0.4 is 0 Å². The van der Waals surface area contributed by atoms with Gasteiger partial charge in [0.25, 0.3) is 0 Å². The van der Waals surface area contributed by atoms with E-state index in [1.807, 2.05) is 30.3 Å². The first-order valence-electron chi connectivity index (χ1n) is 4.59. The van der Waals surface area contributed by atoms with E-state index in [4.69, 9.17) is 0 Å². The number of benzene rings is 1. The summed E-state index contributed by atoms with van der Waals surface area (Å²) in [5.74, 6) is -0.175. The average Bonchev–Trinajstić information content (AvgIpc) is 2.62. The average molecular weight is 282 g/mol. The smallest absolute Gasteiger partial charge is 0.358 e. The molecule has 0 bridgehead atoms. The van der Waals surface area contributed by atoms with Gasteiger partial charge < -0.3 is 10.1 Å². The fraction of sp³-hybridized carbons (Fsp3) is 0.100. The highest BCUT2D eigenvalue weighted by Crippen LogP contribution is 2.26. The minimum atomic E-state index is -0.519. The maximum atomic E-state index is 10.6. The first kappa shape index (κ1) is 10.8. The van der Waals surface area contributed by atoms with Crippen LogP contribution in [0.5, 0.6) is 0 Å². The topological polar surface area (TPSA) is 71.8 Å². The van der Waals surface area contributed by atoms with Crippen molar-refractivity contribution in [2.45, 2.75) is 6.42 Å². The molecule has 1 heterocycles. The Balaban J connectivity index is 2.26. The highest BCUT2D eigenvalue weighted by Gasteiger charge is 2.20. The molecular formula is C10H8BrN3O2. The molecule has 5 nitrogen and oxygen atoms in total. The molecule has 82 valence electrons. The molecule has 0 amide bonds. The lowest BCUT2D eigenvalue weighted by atomic mass is 10.1. The molecule has 0 unspecified atom stereocenters. The Morgan fingerprint density at radius 1 is 1.38 bits per heavy atom. The van der Waals surface area contributed by atoms with Crippen LogP contribution in [-0.2, 0) is 6.42 Å². The van der Waals surface area contributed by atoms with E-state index in [2.05, 4.69) is 26.1 Å². The lowest BCUT2D eigenvalue weighted by molar-refractivity contribution is -0.390. The second kappa shape index (κ2) is 4.44. The fourth-order valence-corrected chi connectivity index (χ4v) is 1.85. The Kier molecular flexibility index (Phi) is 3.00. The third-order valence-corrected chi connectivity index (χ3v) is 2.99. The van der Waals surface area contributed by atoms with Crippen LogP contribution in [0.4, 0.5) is 5.82 Å². The Morgan fingerprint density at radius 3 is 2.62 bits per heavy atom. The number of nitrogens with one attached hydrogen (secondary N) is 1. The molecule has 16 heavy (non-hydrogen) atoms. The van der Waals surface area contributed by atoms with Crippen molar-refractivity contribution in [3.05, 3.63) is 56.2 Å². The first-order valence-corrected chi connectivity index (χ1v) is 5.39. The van der Waals surface area contributed by atoms with E-state index in [9.17, 15) is 10.1 Å². The number of nitrogens with zero attached hydrogens (tertiary/aromatic N) is 2. The highest BCUT2D eigenvalue weighted by atomic mass is 79.9. The standard InChI is InChI=1S/C10H8BrN3O2/c11-9-8(12-13-10(9)14(15)16)6-7-4-2-1-3-5-7/h1-5H,6H2,(H,12,13). The summed E-state index contributed by atoms with van der Waals surface area (Å²) >= 11 is 3.17. The molecule has 0 aliphatic rings. The van der Waals surface area contributed by atoms with Crippen LogP contribution in [0, 0.1) is 10.1 Å². The zero-order valence-corrected chi connectivity index (χ0v) is 9.77. The Morgan fingerprint density at radius 2 is 2.06 bits per heavy atom. The first-order chi connectivity index (χ1) is 7.68. The molecule has 0 aliphatic carbocycles. The van der Waals surface area contributed by atoms with Crippen molar-refractivity contribution >= 4 is 21.7 Å². The van der Waals surface area contributed by atoms with Crippen molar-refractivity contribution in [1.82, 2.24) is 10.2 Å². The van der Waals surface area contributed by atoms with Gasteiger partial charge in [-0.3, -0.25) is 0 Å². The van der Waals surface area contributed by atoms with E-state index in [-0.39, 0.29) is 5.82 Å². The number of aromatic amines is 1. The van der Waals surface area contributed by atoms with Crippen LogP contribution in [0.2, 0.25) is 0 Å². The molecule has 0 aliphatic heterocycles. The van der Waals surface area contributed by atoms with Crippen molar-refractivity contribution in [3.63, 3.8) is 0 Å². The van der Waals surface area contributed by atoms with E-state index in [0.29, 0.717) is 16.6 Å². The van der Waals surface area contributed by atoms with Crippen LogP contribution in [0.25, 0.3) is 0 Å². The minimum absolute atomic E-state index is 0.175. The Labute approximate surface area is 99.8 Å². The van der Waals surface area contributed by atoms with E-state index in [1.165, 1.54) is 0 Å². The summed E-state index contributed by atoms with van der Waals surface area (Å²) in [7, 11) is 0. The number of H-pyrrole nitrogens is 1. The quantitative estimate of drug-likeness (QED) is 0.694. The fourth-order valence-electron chi connectivity index (χ4n) is 1.39. The van der Waals surface area contributed by atoms with Gasteiger partial charge in [-0.2, -0.15) is 5.10 Å². The zero-order chi connectivity index (χ0) is 11.5. The van der Waals surface area contributed by atoms with Crippen molar-refractivity contribution in [2.24, 2.45) is 0 Å². The van der Waals surface area contributed by atoms with Gasteiger partial charge in [-0.25, -0.2) is 0 Å². The Hall–Kier alpha value is -1.69. The number of hydrogen-bond acceptors (Lipinski definition) is 3. The molecule has 0 radical (unpaired) electrons. The molecule has 0 saturated carbocycles. The van der Waals surface area contributed by atoms with Gasteiger partial charge in [-0.15, -0.1) is 0 Å². The summed E-state index contributed by atoms with van der Waals surface area (Å²) in [6.45, 7) is 0. The van der Waals surface area contributed by atoms with Gasteiger partial charge in [0.1, 0.15) is 4.47 Å². The lowest BCUT2D eigenvalue weighted by Gasteiger charge is -1.97. The molecule has 1 aromatic heterocycles. The highest BCUT2D eigenvalue weighted by molar-refractivity contribution is 9.10.